The molecule has 0 atom stereocenters. The van der Waals surface area contributed by atoms with Crippen LogP contribution < -0.4 is 10.2 Å². The molecule has 1 aliphatic rings. The summed E-state index contributed by atoms with van der Waals surface area (Å²) in [4.78, 5) is 12.7. The number of anilines is 1. The molecule has 0 fully saturated rings. The molecule has 1 aliphatic carbocycles. The second-order valence-electron chi connectivity index (χ2n) is 7.45. The molecule has 0 spiro atoms. The molecular weight excluding hydrogens is 390 g/mol. The lowest BCUT2D eigenvalue weighted by Crippen LogP contribution is -2.21. The minimum absolute atomic E-state index is 0.296. The Labute approximate surface area is 182 Å². The molecule has 3 aromatic rings. The van der Waals surface area contributed by atoms with E-state index in [1.54, 1.807) is 7.11 Å². The Hall–Kier alpha value is -3.54. The lowest BCUT2D eigenvalue weighted by Gasteiger charge is -2.19. The molecular formula is C25H27N3O3. The van der Waals surface area contributed by atoms with Gasteiger partial charge in [-0.15, -0.1) is 0 Å². The van der Waals surface area contributed by atoms with Gasteiger partial charge in [0.1, 0.15) is 11.4 Å². The molecule has 4 rings (SSSR count). The van der Waals surface area contributed by atoms with Gasteiger partial charge in [-0.3, -0.25) is 5.43 Å². The van der Waals surface area contributed by atoms with Crippen molar-refractivity contribution in [3.8, 4) is 5.75 Å². The summed E-state index contributed by atoms with van der Waals surface area (Å²) >= 11 is 0. The highest BCUT2D eigenvalue weighted by molar-refractivity contribution is 6.03. The summed E-state index contributed by atoms with van der Waals surface area (Å²) in [7, 11) is 1.65. The number of nitrogens with one attached hydrogen (secondary N) is 1. The van der Waals surface area contributed by atoms with Crippen molar-refractivity contribution < 1.29 is 14.3 Å². The lowest BCUT2D eigenvalue weighted by atomic mass is 9.96. The summed E-state index contributed by atoms with van der Waals surface area (Å²) in [5.41, 5.74) is 8.85. The molecule has 1 N–H and O–H groups in total. The van der Waals surface area contributed by atoms with Crippen molar-refractivity contribution >= 4 is 17.4 Å². The number of ether oxygens (including phenoxy) is 2. The van der Waals surface area contributed by atoms with Crippen molar-refractivity contribution in [2.75, 3.05) is 19.1 Å². The number of hydrogen-bond donors (Lipinski definition) is 1. The van der Waals surface area contributed by atoms with Crippen molar-refractivity contribution in [2.45, 2.75) is 32.7 Å². The summed E-state index contributed by atoms with van der Waals surface area (Å²) in [6.45, 7) is 2.76. The molecule has 160 valence electrons. The Morgan fingerprint density at radius 1 is 1.10 bits per heavy atom. The molecule has 31 heavy (non-hydrogen) atoms. The standard InChI is InChI=1S/C25H27N3O3/c1-3-31-25(29)23-16-19-10-7-11-22(27-26-20-12-14-21(30-2)15-13-20)24(19)28(23)17-18-8-5-4-6-9-18/h4-6,8-9,12-16,26H,3,7,10-11,17H2,1-2H3/b27-22+. The third-order valence-electron chi connectivity index (χ3n) is 5.39. The molecule has 2 aromatic carbocycles. The van der Waals surface area contributed by atoms with Crippen LogP contribution in [0.3, 0.4) is 0 Å². The van der Waals surface area contributed by atoms with Gasteiger partial charge in [-0.25, -0.2) is 4.79 Å². The number of fused-ring (bicyclic) bond motifs is 1. The number of methoxy groups -OCH3 is 1. The molecule has 0 bridgehead atoms. The maximum absolute atomic E-state index is 12.7. The van der Waals surface area contributed by atoms with E-state index in [9.17, 15) is 4.79 Å². The Balaban J connectivity index is 1.71. The Bertz CT molecular complexity index is 1070. The predicted molar refractivity (Wildman–Crippen MR) is 122 cm³/mol. The van der Waals surface area contributed by atoms with E-state index in [0.717, 1.165) is 53.2 Å². The van der Waals surface area contributed by atoms with Crippen LogP contribution >= 0.6 is 0 Å². The summed E-state index contributed by atoms with van der Waals surface area (Å²) in [6.07, 6.45) is 2.76. The number of nitrogens with zero attached hydrogens (tertiary/aromatic N) is 2. The smallest absolute Gasteiger partial charge is 0.354 e. The maximum Gasteiger partial charge on any atom is 0.354 e. The number of carbonyl (C=O) groups excluding carboxylic acids is 1. The van der Waals surface area contributed by atoms with Crippen LogP contribution in [-0.4, -0.2) is 30.0 Å². The lowest BCUT2D eigenvalue weighted by molar-refractivity contribution is 0.0514. The first kappa shape index (κ1) is 20.7. The second kappa shape index (κ2) is 9.51. The Morgan fingerprint density at radius 2 is 1.87 bits per heavy atom. The van der Waals surface area contributed by atoms with Gasteiger partial charge in [-0.2, -0.15) is 5.10 Å². The highest BCUT2D eigenvalue weighted by atomic mass is 16.5. The molecule has 0 aliphatic heterocycles. The van der Waals surface area contributed by atoms with E-state index >= 15 is 0 Å². The van der Waals surface area contributed by atoms with E-state index in [-0.39, 0.29) is 5.97 Å². The van der Waals surface area contributed by atoms with E-state index in [1.165, 1.54) is 0 Å². The van der Waals surface area contributed by atoms with E-state index < -0.39 is 0 Å². The third-order valence-corrected chi connectivity index (χ3v) is 5.39. The molecule has 1 heterocycles. The van der Waals surface area contributed by atoms with E-state index in [0.29, 0.717) is 18.8 Å². The van der Waals surface area contributed by atoms with Gasteiger partial charge in [-0.1, -0.05) is 30.3 Å². The fourth-order valence-corrected chi connectivity index (χ4v) is 3.91. The summed E-state index contributed by atoms with van der Waals surface area (Å²) < 4.78 is 12.6. The van der Waals surface area contributed by atoms with Crippen molar-refractivity contribution in [1.29, 1.82) is 0 Å². The number of aryl methyl sites for hydroxylation is 1. The Kier molecular flexibility index (Phi) is 6.36. The van der Waals surface area contributed by atoms with Gasteiger partial charge in [-0.05, 0) is 67.6 Å². The molecule has 1 aromatic heterocycles. The average molecular weight is 418 g/mol. The second-order valence-corrected chi connectivity index (χ2v) is 7.45. The van der Waals surface area contributed by atoms with Crippen LogP contribution in [0.2, 0.25) is 0 Å². The molecule has 0 saturated carbocycles. The quantitative estimate of drug-likeness (QED) is 0.440. The van der Waals surface area contributed by atoms with Gasteiger partial charge >= 0.3 is 5.97 Å². The number of benzene rings is 2. The van der Waals surface area contributed by atoms with Gasteiger partial charge < -0.3 is 14.0 Å². The van der Waals surface area contributed by atoms with Crippen LogP contribution in [0.5, 0.6) is 5.75 Å². The van der Waals surface area contributed by atoms with Crippen LogP contribution in [0.1, 0.15) is 47.1 Å². The number of hydrogen-bond acceptors (Lipinski definition) is 5. The first-order chi connectivity index (χ1) is 15.2. The minimum Gasteiger partial charge on any atom is -0.497 e. The molecule has 0 unspecified atom stereocenters. The largest absolute Gasteiger partial charge is 0.497 e. The first-order valence-electron chi connectivity index (χ1n) is 10.6. The molecule has 6 heteroatoms. The van der Waals surface area contributed by atoms with Crippen molar-refractivity contribution in [3.63, 3.8) is 0 Å². The number of esters is 1. The van der Waals surface area contributed by atoms with Crippen LogP contribution in [0.4, 0.5) is 5.69 Å². The zero-order valence-corrected chi connectivity index (χ0v) is 17.9. The molecule has 0 radical (unpaired) electrons. The third kappa shape index (κ3) is 4.63. The topological polar surface area (TPSA) is 64.9 Å². The zero-order chi connectivity index (χ0) is 21.6. The van der Waals surface area contributed by atoms with Crippen molar-refractivity contribution in [1.82, 2.24) is 4.57 Å². The van der Waals surface area contributed by atoms with Gasteiger partial charge in [0.05, 0.1) is 30.8 Å². The van der Waals surface area contributed by atoms with Gasteiger partial charge in [0.2, 0.25) is 0 Å². The number of hydrazone groups is 1. The highest BCUT2D eigenvalue weighted by Gasteiger charge is 2.26. The van der Waals surface area contributed by atoms with Crippen LogP contribution in [-0.2, 0) is 17.7 Å². The van der Waals surface area contributed by atoms with Crippen molar-refractivity contribution in [2.24, 2.45) is 5.10 Å². The number of aromatic nitrogens is 1. The summed E-state index contributed by atoms with van der Waals surface area (Å²) in [6, 6.07) is 19.8. The molecule has 0 amide bonds. The normalized spacial score (nSPS) is 14.2. The monoisotopic (exact) mass is 417 g/mol. The van der Waals surface area contributed by atoms with Gasteiger partial charge in [0, 0.05) is 6.54 Å². The summed E-state index contributed by atoms with van der Waals surface area (Å²) in [5, 5.41) is 4.72. The minimum atomic E-state index is -0.296. The SMILES string of the molecule is CCOC(=O)c1cc2c(n1Cc1ccccc1)/C(=N/Nc1ccc(OC)cc1)CCC2. The fourth-order valence-electron chi connectivity index (χ4n) is 3.91. The Morgan fingerprint density at radius 3 is 2.58 bits per heavy atom. The van der Waals surface area contributed by atoms with Crippen LogP contribution in [0.25, 0.3) is 0 Å². The zero-order valence-electron chi connectivity index (χ0n) is 17.9. The molecule has 0 saturated heterocycles. The van der Waals surface area contributed by atoms with Crippen LogP contribution in [0.15, 0.2) is 65.8 Å². The van der Waals surface area contributed by atoms with Crippen LogP contribution in [0, 0.1) is 0 Å². The number of rotatable bonds is 7. The van der Waals surface area contributed by atoms with E-state index in [2.05, 4.69) is 22.1 Å². The van der Waals surface area contributed by atoms with E-state index in [1.807, 2.05) is 55.5 Å². The van der Waals surface area contributed by atoms with E-state index in [4.69, 9.17) is 14.6 Å². The number of carbonyl (C=O) groups is 1. The van der Waals surface area contributed by atoms with Crippen molar-refractivity contribution in [3.05, 3.63) is 83.2 Å². The van der Waals surface area contributed by atoms with Gasteiger partial charge in [0.15, 0.2) is 0 Å². The van der Waals surface area contributed by atoms with Gasteiger partial charge in [0.25, 0.3) is 0 Å². The predicted octanol–water partition coefficient (Wildman–Crippen LogP) is 4.87. The molecule has 6 nitrogen and oxygen atoms in total. The fraction of sp³-hybridized carbons (Fsp3) is 0.280. The average Bonchev–Trinajstić information content (AvgIpc) is 3.18. The highest BCUT2D eigenvalue weighted by Crippen LogP contribution is 2.28. The first-order valence-corrected chi connectivity index (χ1v) is 10.6. The maximum atomic E-state index is 12.7. The summed E-state index contributed by atoms with van der Waals surface area (Å²) in [5.74, 6) is 0.504.